The maximum Gasteiger partial charge on any atom is 0.304 e. The van der Waals surface area contributed by atoms with E-state index in [-0.39, 0.29) is 17.6 Å². The van der Waals surface area contributed by atoms with E-state index in [1.165, 1.54) is 5.56 Å². The first-order valence-electron chi connectivity index (χ1n) is 5.95. The van der Waals surface area contributed by atoms with E-state index in [9.17, 15) is 9.00 Å². The zero-order valence-electron chi connectivity index (χ0n) is 11.1. The molecule has 1 N–H and O–H groups in total. The maximum absolute atomic E-state index is 11.6. The number of hydrogen-bond acceptors (Lipinski definition) is 2. The molecule has 0 aliphatic heterocycles. The number of rotatable bonds is 5. The molecule has 0 heterocycles. The lowest BCUT2D eigenvalue weighted by atomic mass is 9.87. The minimum absolute atomic E-state index is 0.0350. The number of aliphatic carboxylic acids is 1. The average molecular weight is 268 g/mol. The van der Waals surface area contributed by atoms with E-state index in [4.69, 9.17) is 5.11 Å². The summed E-state index contributed by atoms with van der Waals surface area (Å²) in [5.74, 6) is -0.250. The molecule has 0 aliphatic carbocycles. The van der Waals surface area contributed by atoms with Crippen molar-refractivity contribution in [2.75, 3.05) is 5.75 Å². The smallest absolute Gasteiger partial charge is 0.304 e. The van der Waals surface area contributed by atoms with Crippen molar-refractivity contribution in [3.05, 3.63) is 35.4 Å². The van der Waals surface area contributed by atoms with Gasteiger partial charge in [-0.1, -0.05) is 45.0 Å². The molecule has 3 nitrogen and oxygen atoms in total. The zero-order valence-corrected chi connectivity index (χ0v) is 11.9. The second-order valence-electron chi connectivity index (χ2n) is 5.38. The van der Waals surface area contributed by atoms with E-state index in [2.05, 4.69) is 20.8 Å². The van der Waals surface area contributed by atoms with Gasteiger partial charge in [0.15, 0.2) is 0 Å². The number of carbonyl (C=O) groups is 1. The molecule has 0 bridgehead atoms. The van der Waals surface area contributed by atoms with Crippen LogP contribution in [-0.4, -0.2) is 21.0 Å². The molecule has 1 atom stereocenters. The van der Waals surface area contributed by atoms with E-state index in [0.717, 1.165) is 5.56 Å². The van der Waals surface area contributed by atoms with Crippen molar-refractivity contribution in [1.29, 1.82) is 0 Å². The van der Waals surface area contributed by atoms with Crippen LogP contribution >= 0.6 is 0 Å². The summed E-state index contributed by atoms with van der Waals surface area (Å²) in [5, 5.41) is 8.52. The third-order valence-corrected chi connectivity index (χ3v) is 4.01. The molecular weight excluding hydrogens is 248 g/mol. The van der Waals surface area contributed by atoms with Gasteiger partial charge in [0.05, 0.1) is 6.42 Å². The van der Waals surface area contributed by atoms with Crippen LogP contribution in [0.3, 0.4) is 0 Å². The molecule has 0 saturated heterocycles. The van der Waals surface area contributed by atoms with Crippen molar-refractivity contribution >= 4 is 16.8 Å². The Bertz CT molecular complexity index is 429. The van der Waals surface area contributed by atoms with Gasteiger partial charge in [-0.3, -0.25) is 9.00 Å². The van der Waals surface area contributed by atoms with Crippen LogP contribution in [0.15, 0.2) is 24.3 Å². The van der Waals surface area contributed by atoms with Gasteiger partial charge in [-0.25, -0.2) is 0 Å². The van der Waals surface area contributed by atoms with Crippen molar-refractivity contribution < 1.29 is 14.1 Å². The molecule has 1 unspecified atom stereocenters. The first kappa shape index (κ1) is 14.9. The fraction of sp³-hybridized carbons (Fsp3) is 0.500. The first-order valence-corrected chi connectivity index (χ1v) is 7.44. The number of benzene rings is 1. The summed E-state index contributed by atoms with van der Waals surface area (Å²) in [6.45, 7) is 6.44. The van der Waals surface area contributed by atoms with Crippen molar-refractivity contribution in [3.63, 3.8) is 0 Å². The summed E-state index contributed by atoms with van der Waals surface area (Å²) in [7, 11) is -1.10. The van der Waals surface area contributed by atoms with Crippen molar-refractivity contribution in [1.82, 2.24) is 0 Å². The highest BCUT2D eigenvalue weighted by molar-refractivity contribution is 7.84. The maximum atomic E-state index is 11.6. The minimum atomic E-state index is -1.10. The Kier molecular flexibility index (Phi) is 5.08. The van der Waals surface area contributed by atoms with Gasteiger partial charge in [0.2, 0.25) is 0 Å². The summed E-state index contributed by atoms with van der Waals surface area (Å²) >= 11 is 0. The van der Waals surface area contributed by atoms with E-state index < -0.39 is 16.8 Å². The highest BCUT2D eigenvalue weighted by Crippen LogP contribution is 2.22. The van der Waals surface area contributed by atoms with Crippen molar-refractivity contribution in [2.45, 2.75) is 38.4 Å². The van der Waals surface area contributed by atoms with Crippen LogP contribution in [0.2, 0.25) is 0 Å². The SMILES string of the molecule is CC(C)(C)c1ccc(CS(=O)CCC(=O)O)cc1. The monoisotopic (exact) mass is 268 g/mol. The fourth-order valence-corrected chi connectivity index (χ4v) is 2.67. The predicted molar refractivity (Wildman–Crippen MR) is 74.1 cm³/mol. The fourth-order valence-electron chi connectivity index (χ4n) is 1.56. The number of carboxylic acids is 1. The van der Waals surface area contributed by atoms with Gasteiger partial charge in [0.25, 0.3) is 0 Å². The van der Waals surface area contributed by atoms with Gasteiger partial charge in [-0.2, -0.15) is 0 Å². The molecule has 0 radical (unpaired) electrons. The summed E-state index contributed by atoms with van der Waals surface area (Å²) < 4.78 is 11.6. The van der Waals surface area contributed by atoms with E-state index in [0.29, 0.717) is 5.75 Å². The van der Waals surface area contributed by atoms with Crippen LogP contribution in [0.5, 0.6) is 0 Å². The van der Waals surface area contributed by atoms with E-state index in [1.54, 1.807) is 0 Å². The highest BCUT2D eigenvalue weighted by Gasteiger charge is 2.13. The summed E-state index contributed by atoms with van der Waals surface area (Å²) in [6, 6.07) is 8.03. The molecule has 1 aromatic rings. The Morgan fingerprint density at radius 2 is 1.78 bits per heavy atom. The second kappa shape index (κ2) is 6.14. The average Bonchev–Trinajstić information content (AvgIpc) is 2.26. The molecule has 0 fully saturated rings. The Morgan fingerprint density at radius 1 is 1.22 bits per heavy atom. The van der Waals surface area contributed by atoms with E-state index >= 15 is 0 Å². The molecule has 1 rings (SSSR count). The minimum Gasteiger partial charge on any atom is -0.481 e. The summed E-state index contributed by atoms with van der Waals surface area (Å²) in [4.78, 5) is 10.4. The van der Waals surface area contributed by atoms with Gasteiger partial charge in [0.1, 0.15) is 0 Å². The van der Waals surface area contributed by atoms with E-state index in [1.807, 2.05) is 24.3 Å². The van der Waals surface area contributed by atoms with Crippen LogP contribution in [0.1, 0.15) is 38.3 Å². The third-order valence-electron chi connectivity index (χ3n) is 2.69. The third kappa shape index (κ3) is 5.00. The van der Waals surface area contributed by atoms with Crippen LogP contribution in [0.25, 0.3) is 0 Å². The molecule has 0 aliphatic rings. The van der Waals surface area contributed by atoms with Gasteiger partial charge >= 0.3 is 5.97 Å². The Hall–Kier alpha value is -1.16. The van der Waals surface area contributed by atoms with Gasteiger partial charge in [-0.05, 0) is 16.5 Å². The molecule has 0 saturated carbocycles. The van der Waals surface area contributed by atoms with Gasteiger partial charge in [0, 0.05) is 22.3 Å². The second-order valence-corrected chi connectivity index (χ2v) is 6.96. The molecule has 0 amide bonds. The Labute approximate surface area is 111 Å². The highest BCUT2D eigenvalue weighted by atomic mass is 32.2. The Morgan fingerprint density at radius 3 is 2.22 bits per heavy atom. The molecule has 4 heteroatoms. The topological polar surface area (TPSA) is 54.4 Å². The van der Waals surface area contributed by atoms with Gasteiger partial charge < -0.3 is 5.11 Å². The summed E-state index contributed by atoms with van der Waals surface area (Å²) in [6.07, 6.45) is -0.0350. The lowest BCUT2D eigenvalue weighted by Crippen LogP contribution is -2.11. The summed E-state index contributed by atoms with van der Waals surface area (Å²) in [5.41, 5.74) is 2.34. The van der Waals surface area contributed by atoms with Crippen LogP contribution in [0, 0.1) is 0 Å². The predicted octanol–water partition coefficient (Wildman–Crippen LogP) is 2.71. The molecule has 18 heavy (non-hydrogen) atoms. The number of hydrogen-bond donors (Lipinski definition) is 1. The molecule has 100 valence electrons. The normalized spacial score (nSPS) is 13.3. The molecule has 1 aromatic carbocycles. The first-order chi connectivity index (χ1) is 8.29. The number of carboxylic acid groups (broad SMARTS) is 1. The van der Waals surface area contributed by atoms with Crippen LogP contribution in [-0.2, 0) is 26.8 Å². The molecule has 0 aromatic heterocycles. The Balaban J connectivity index is 2.59. The lowest BCUT2D eigenvalue weighted by molar-refractivity contribution is -0.136. The zero-order chi connectivity index (χ0) is 13.8. The largest absolute Gasteiger partial charge is 0.481 e. The van der Waals surface area contributed by atoms with Gasteiger partial charge in [-0.15, -0.1) is 0 Å². The van der Waals surface area contributed by atoms with Crippen LogP contribution in [0.4, 0.5) is 0 Å². The quantitative estimate of drug-likeness (QED) is 0.893. The van der Waals surface area contributed by atoms with Crippen molar-refractivity contribution in [3.8, 4) is 0 Å². The standard InChI is InChI=1S/C14H20O3S/c1-14(2,3)12-6-4-11(5-7-12)10-18(17)9-8-13(15)16/h4-7H,8-10H2,1-3H3,(H,15,16). The molecular formula is C14H20O3S. The van der Waals surface area contributed by atoms with Crippen LogP contribution < -0.4 is 0 Å². The molecule has 0 spiro atoms. The lowest BCUT2D eigenvalue weighted by Gasteiger charge is -2.19. The van der Waals surface area contributed by atoms with Crippen molar-refractivity contribution in [2.24, 2.45) is 0 Å².